The summed E-state index contributed by atoms with van der Waals surface area (Å²) in [5.74, 6) is 0. The molecule has 0 aliphatic heterocycles. The molecule has 0 aliphatic rings. The quantitative estimate of drug-likeness (QED) is 0.569. The molecule has 0 fully saturated rings. The summed E-state index contributed by atoms with van der Waals surface area (Å²) in [5.41, 5.74) is 0. The molecule has 31 valence electrons. The van der Waals surface area contributed by atoms with E-state index < -0.39 is 0 Å². The number of hydrogen-bond donors (Lipinski definition) is 0. The zero-order valence-electron chi connectivity index (χ0n) is 2.75. The summed E-state index contributed by atoms with van der Waals surface area (Å²) in [7, 11) is 0. The summed E-state index contributed by atoms with van der Waals surface area (Å²) in [4.78, 5) is 0.363. The van der Waals surface area contributed by atoms with Crippen LogP contribution in [0.2, 0.25) is 0 Å². The molecular formula is C3H5Br2. The SMILES string of the molecule is [CH2]C(Br)CBr. The van der Waals surface area contributed by atoms with Gasteiger partial charge in [-0.2, -0.15) is 0 Å². The van der Waals surface area contributed by atoms with Gasteiger partial charge in [0.25, 0.3) is 0 Å². The van der Waals surface area contributed by atoms with Crippen LogP contribution >= 0.6 is 31.9 Å². The first kappa shape index (κ1) is 5.96. The molecule has 1 atom stereocenters. The molecule has 0 aromatic rings. The second kappa shape index (κ2) is 3.16. The fourth-order valence-electron chi connectivity index (χ4n) is 0. The van der Waals surface area contributed by atoms with E-state index >= 15 is 0 Å². The Morgan fingerprint density at radius 3 is 2.00 bits per heavy atom. The lowest BCUT2D eigenvalue weighted by atomic mass is 10.6. The van der Waals surface area contributed by atoms with E-state index in [0.717, 1.165) is 5.33 Å². The zero-order chi connectivity index (χ0) is 4.28. The molecule has 0 bridgehead atoms. The van der Waals surface area contributed by atoms with Crippen molar-refractivity contribution in [1.82, 2.24) is 0 Å². The molecule has 1 unspecified atom stereocenters. The van der Waals surface area contributed by atoms with Gasteiger partial charge in [0, 0.05) is 10.2 Å². The van der Waals surface area contributed by atoms with Gasteiger partial charge in [0.15, 0.2) is 0 Å². The molecule has 0 saturated heterocycles. The summed E-state index contributed by atoms with van der Waals surface area (Å²) >= 11 is 6.42. The summed E-state index contributed by atoms with van der Waals surface area (Å²) in [6.45, 7) is 3.63. The van der Waals surface area contributed by atoms with Crippen LogP contribution in [0.1, 0.15) is 0 Å². The van der Waals surface area contributed by atoms with Crippen LogP contribution in [0.4, 0.5) is 0 Å². The predicted molar refractivity (Wildman–Crippen MR) is 31.9 cm³/mol. The lowest BCUT2D eigenvalue weighted by Gasteiger charge is -1.86. The maximum Gasteiger partial charge on any atom is 0.0243 e. The maximum absolute atomic E-state index is 3.63. The monoisotopic (exact) mass is 199 g/mol. The van der Waals surface area contributed by atoms with Crippen LogP contribution in [-0.4, -0.2) is 10.2 Å². The van der Waals surface area contributed by atoms with E-state index in [-0.39, 0.29) is 0 Å². The van der Waals surface area contributed by atoms with Crippen molar-refractivity contribution in [2.75, 3.05) is 5.33 Å². The third-order valence-electron chi connectivity index (χ3n) is 0.167. The fourth-order valence-corrected chi connectivity index (χ4v) is 0. The highest BCUT2D eigenvalue weighted by molar-refractivity contribution is 9.12. The summed E-state index contributed by atoms with van der Waals surface area (Å²) in [6, 6.07) is 0. The van der Waals surface area contributed by atoms with Crippen LogP contribution in [-0.2, 0) is 0 Å². The normalized spacial score (nSPS) is 15.0. The molecule has 0 aromatic heterocycles. The molecule has 0 heterocycles. The highest BCUT2D eigenvalue weighted by Crippen LogP contribution is 1.98. The minimum Gasteiger partial charge on any atom is -0.0916 e. The molecule has 0 rings (SSSR count). The molecule has 0 N–H and O–H groups in total. The van der Waals surface area contributed by atoms with E-state index in [9.17, 15) is 0 Å². The Kier molecular flexibility index (Phi) is 3.77. The maximum atomic E-state index is 3.63. The Labute approximate surface area is 49.2 Å². The number of halogens is 2. The van der Waals surface area contributed by atoms with Crippen molar-refractivity contribution in [3.63, 3.8) is 0 Å². The van der Waals surface area contributed by atoms with Gasteiger partial charge in [-0.3, -0.25) is 0 Å². The Morgan fingerprint density at radius 2 is 2.00 bits per heavy atom. The van der Waals surface area contributed by atoms with Gasteiger partial charge < -0.3 is 0 Å². The van der Waals surface area contributed by atoms with Crippen molar-refractivity contribution in [2.24, 2.45) is 0 Å². The molecule has 0 amide bonds. The van der Waals surface area contributed by atoms with Gasteiger partial charge in [-0.1, -0.05) is 31.9 Å². The van der Waals surface area contributed by atoms with E-state index in [1.54, 1.807) is 0 Å². The zero-order valence-corrected chi connectivity index (χ0v) is 5.92. The van der Waals surface area contributed by atoms with E-state index in [2.05, 4.69) is 38.8 Å². The van der Waals surface area contributed by atoms with Crippen molar-refractivity contribution in [1.29, 1.82) is 0 Å². The van der Waals surface area contributed by atoms with E-state index in [1.165, 1.54) is 0 Å². The van der Waals surface area contributed by atoms with Crippen LogP contribution in [0.15, 0.2) is 0 Å². The molecular weight excluding hydrogens is 196 g/mol. The third-order valence-corrected chi connectivity index (χ3v) is 2.14. The molecule has 0 aromatic carbocycles. The second-order valence-corrected chi connectivity index (χ2v) is 2.69. The van der Waals surface area contributed by atoms with E-state index in [4.69, 9.17) is 0 Å². The predicted octanol–water partition coefficient (Wildman–Crippen LogP) is 1.98. The molecule has 2 heteroatoms. The Balaban J connectivity index is 2.54. The summed E-state index contributed by atoms with van der Waals surface area (Å²) in [6.07, 6.45) is 0. The van der Waals surface area contributed by atoms with Crippen molar-refractivity contribution < 1.29 is 0 Å². The minimum atomic E-state index is 0.363. The van der Waals surface area contributed by atoms with Gasteiger partial charge in [0.05, 0.1) is 0 Å². The molecule has 0 spiro atoms. The molecule has 0 aliphatic carbocycles. The molecule has 5 heavy (non-hydrogen) atoms. The average molecular weight is 201 g/mol. The van der Waals surface area contributed by atoms with Crippen LogP contribution in [0.25, 0.3) is 0 Å². The number of hydrogen-bond acceptors (Lipinski definition) is 0. The first-order valence-corrected chi connectivity index (χ1v) is 3.34. The van der Waals surface area contributed by atoms with Crippen LogP contribution in [0, 0.1) is 6.92 Å². The first-order chi connectivity index (χ1) is 2.27. The van der Waals surface area contributed by atoms with E-state index in [1.807, 2.05) is 0 Å². The smallest absolute Gasteiger partial charge is 0.0243 e. The summed E-state index contributed by atoms with van der Waals surface area (Å²) < 4.78 is 0. The minimum absolute atomic E-state index is 0.363. The van der Waals surface area contributed by atoms with Gasteiger partial charge in [-0.15, -0.1) is 0 Å². The van der Waals surface area contributed by atoms with Crippen molar-refractivity contribution >= 4 is 31.9 Å². The lowest BCUT2D eigenvalue weighted by molar-refractivity contribution is 1.32. The van der Waals surface area contributed by atoms with Gasteiger partial charge >= 0.3 is 0 Å². The fraction of sp³-hybridized carbons (Fsp3) is 0.667. The molecule has 0 nitrogen and oxygen atoms in total. The molecule has 1 radical (unpaired) electrons. The van der Waals surface area contributed by atoms with Gasteiger partial charge in [-0.25, -0.2) is 0 Å². The highest BCUT2D eigenvalue weighted by Gasteiger charge is 1.84. The second-order valence-electron chi connectivity index (χ2n) is 0.752. The van der Waals surface area contributed by atoms with E-state index in [0.29, 0.717) is 4.83 Å². The standard InChI is InChI=1S/C3H5Br2/c1-3(5)2-4/h3H,1-2H2. The van der Waals surface area contributed by atoms with Gasteiger partial charge in [-0.05, 0) is 6.92 Å². The number of rotatable bonds is 1. The van der Waals surface area contributed by atoms with Crippen LogP contribution in [0.3, 0.4) is 0 Å². The Bertz CT molecular complexity index is 18.9. The lowest BCUT2D eigenvalue weighted by Crippen LogP contribution is -1.86. The highest BCUT2D eigenvalue weighted by atomic mass is 79.9. The summed E-state index contributed by atoms with van der Waals surface area (Å²) in [5, 5.41) is 0.924. The number of alkyl halides is 2. The van der Waals surface area contributed by atoms with Crippen molar-refractivity contribution in [2.45, 2.75) is 4.83 Å². The van der Waals surface area contributed by atoms with Gasteiger partial charge in [0.1, 0.15) is 0 Å². The Hall–Kier alpha value is 0.960. The van der Waals surface area contributed by atoms with Crippen LogP contribution in [0.5, 0.6) is 0 Å². The van der Waals surface area contributed by atoms with Crippen molar-refractivity contribution in [3.8, 4) is 0 Å². The topological polar surface area (TPSA) is 0 Å². The molecule has 0 saturated carbocycles. The van der Waals surface area contributed by atoms with Crippen molar-refractivity contribution in [3.05, 3.63) is 6.92 Å². The van der Waals surface area contributed by atoms with Crippen LogP contribution < -0.4 is 0 Å². The first-order valence-electron chi connectivity index (χ1n) is 1.30. The Morgan fingerprint density at radius 1 is 1.80 bits per heavy atom. The third kappa shape index (κ3) is 4.96. The van der Waals surface area contributed by atoms with Gasteiger partial charge in [0.2, 0.25) is 0 Å². The largest absolute Gasteiger partial charge is 0.0916 e. The average Bonchev–Trinajstić information content (AvgIpc) is 1.38.